The van der Waals surface area contributed by atoms with Crippen molar-refractivity contribution in [3.8, 4) is 0 Å². The Kier molecular flexibility index (Phi) is 2.55. The van der Waals surface area contributed by atoms with E-state index in [-0.39, 0.29) is 5.41 Å². The third kappa shape index (κ3) is 1.80. The molecule has 3 heteroatoms. The molecule has 0 spiro atoms. The molecule has 1 aliphatic heterocycles. The summed E-state index contributed by atoms with van der Waals surface area (Å²) in [7, 11) is 0. The van der Waals surface area contributed by atoms with Crippen molar-refractivity contribution in [3.63, 3.8) is 0 Å². The summed E-state index contributed by atoms with van der Waals surface area (Å²) in [6.07, 6.45) is 5.11. The lowest BCUT2D eigenvalue weighted by Gasteiger charge is -2.22. The first kappa shape index (κ1) is 10.7. The van der Waals surface area contributed by atoms with E-state index in [9.17, 15) is 9.50 Å². The van der Waals surface area contributed by atoms with Crippen molar-refractivity contribution < 1.29 is 9.50 Å². The molecule has 2 unspecified atom stereocenters. The molecule has 90 valence electrons. The Morgan fingerprint density at radius 1 is 1.31 bits per heavy atom. The van der Waals surface area contributed by atoms with Crippen LogP contribution < -0.4 is 0 Å². The molecule has 1 heterocycles. The first-order valence-electron chi connectivity index (χ1n) is 6.36. The Balaban J connectivity index is 1.56. The van der Waals surface area contributed by atoms with Crippen LogP contribution in [-0.2, 0) is 0 Å². The van der Waals surface area contributed by atoms with Crippen molar-refractivity contribution in [1.82, 2.24) is 4.90 Å². The van der Waals surface area contributed by atoms with Gasteiger partial charge in [-0.1, -0.05) is 0 Å². The van der Waals surface area contributed by atoms with Crippen molar-refractivity contribution in [1.29, 1.82) is 0 Å². The maximum atomic E-state index is 12.4. The molecule has 3 fully saturated rings. The smallest absolute Gasteiger partial charge is 0.0859 e. The molecule has 1 saturated heterocycles. The molecule has 3 aliphatic rings. The average molecular weight is 225 g/mol. The van der Waals surface area contributed by atoms with Crippen LogP contribution in [0, 0.1) is 17.3 Å². The first-order chi connectivity index (χ1) is 7.74. The maximum Gasteiger partial charge on any atom is 0.0859 e. The Labute approximate surface area is 96.1 Å². The van der Waals surface area contributed by atoms with Gasteiger partial charge >= 0.3 is 0 Å². The van der Waals surface area contributed by atoms with Crippen LogP contribution in [0.15, 0.2) is 11.9 Å². The third-order valence-electron chi connectivity index (χ3n) is 4.71. The zero-order valence-electron chi connectivity index (χ0n) is 9.66. The van der Waals surface area contributed by atoms with Gasteiger partial charge in [0.1, 0.15) is 0 Å². The highest BCUT2D eigenvalue weighted by molar-refractivity contribution is 5.12. The van der Waals surface area contributed by atoms with Gasteiger partial charge in [0.25, 0.3) is 0 Å². The summed E-state index contributed by atoms with van der Waals surface area (Å²) in [5.41, 5.74) is 1.25. The number of nitrogens with zero attached hydrogens (tertiary/aromatic N) is 1. The summed E-state index contributed by atoms with van der Waals surface area (Å²) in [4.78, 5) is 2.49. The van der Waals surface area contributed by atoms with E-state index >= 15 is 0 Å². The number of hydrogen-bond acceptors (Lipinski definition) is 2. The molecule has 0 radical (unpaired) electrons. The van der Waals surface area contributed by atoms with Crippen molar-refractivity contribution >= 4 is 0 Å². The molecule has 0 aromatic heterocycles. The Morgan fingerprint density at radius 2 is 1.94 bits per heavy atom. The van der Waals surface area contributed by atoms with E-state index < -0.39 is 0 Å². The van der Waals surface area contributed by atoms with Crippen LogP contribution in [0.25, 0.3) is 0 Å². The van der Waals surface area contributed by atoms with E-state index in [2.05, 4.69) is 4.90 Å². The molecule has 0 aromatic rings. The lowest BCUT2D eigenvalue weighted by Crippen LogP contribution is -2.31. The second kappa shape index (κ2) is 3.81. The van der Waals surface area contributed by atoms with Gasteiger partial charge in [0.15, 0.2) is 0 Å². The summed E-state index contributed by atoms with van der Waals surface area (Å²) < 4.78 is 12.4. The topological polar surface area (TPSA) is 23.5 Å². The minimum absolute atomic E-state index is 0.234. The Morgan fingerprint density at radius 3 is 2.38 bits per heavy atom. The molecule has 1 N–H and O–H groups in total. The monoisotopic (exact) mass is 225 g/mol. The average Bonchev–Trinajstić information content (AvgIpc) is 2.79. The summed E-state index contributed by atoms with van der Waals surface area (Å²) in [6, 6.07) is 0. The number of aliphatic hydroxyl groups excluding tert-OH is 1. The van der Waals surface area contributed by atoms with Gasteiger partial charge in [0, 0.05) is 31.7 Å². The number of halogens is 1. The molecular weight excluding hydrogens is 205 g/mol. The number of allylic oxidation sites excluding steroid dienone is 1. The molecule has 2 aliphatic carbocycles. The molecule has 2 nitrogen and oxygen atoms in total. The fraction of sp³-hybridized carbons (Fsp3) is 0.846. The first-order valence-corrected chi connectivity index (χ1v) is 6.36. The molecular formula is C13H20FNO. The number of fused-ring (bicyclic) bond motifs is 1. The molecule has 3 rings (SSSR count). The maximum absolute atomic E-state index is 12.4. The van der Waals surface area contributed by atoms with Crippen LogP contribution in [0.3, 0.4) is 0 Å². The van der Waals surface area contributed by atoms with Crippen molar-refractivity contribution in [3.05, 3.63) is 11.9 Å². The Bertz CT molecular complexity index is 295. The second-order valence-corrected chi connectivity index (χ2v) is 6.05. The minimum atomic E-state index is 0.234. The number of likely N-dealkylation sites (tertiary alicyclic amines) is 1. The van der Waals surface area contributed by atoms with E-state index in [1.165, 1.54) is 12.8 Å². The number of hydrogen-bond donors (Lipinski definition) is 1. The van der Waals surface area contributed by atoms with Gasteiger partial charge in [0.2, 0.25) is 0 Å². The second-order valence-electron chi connectivity index (χ2n) is 6.05. The van der Waals surface area contributed by atoms with Crippen molar-refractivity contribution in [2.75, 3.05) is 26.2 Å². The van der Waals surface area contributed by atoms with Crippen molar-refractivity contribution in [2.24, 2.45) is 17.3 Å². The van der Waals surface area contributed by atoms with Crippen LogP contribution >= 0.6 is 0 Å². The van der Waals surface area contributed by atoms with Crippen LogP contribution in [0.1, 0.15) is 25.7 Å². The molecule has 2 atom stereocenters. The van der Waals surface area contributed by atoms with Crippen molar-refractivity contribution in [2.45, 2.75) is 25.7 Å². The minimum Gasteiger partial charge on any atom is -0.396 e. The summed E-state index contributed by atoms with van der Waals surface area (Å²) in [6.45, 7) is 3.63. The van der Waals surface area contributed by atoms with Crippen LogP contribution in [-0.4, -0.2) is 36.2 Å². The standard InChI is InChI=1S/C13H20FNO/c14-5-10-3-11-6-15(7-12(11)4-10)8-13(9-16)1-2-13/h5,11-12,16H,1-4,6-9H2. The largest absolute Gasteiger partial charge is 0.396 e. The van der Waals surface area contributed by atoms with E-state index in [0.29, 0.717) is 18.4 Å². The highest BCUT2D eigenvalue weighted by Gasteiger charge is 2.46. The van der Waals surface area contributed by atoms with Gasteiger partial charge in [-0.15, -0.1) is 0 Å². The van der Waals surface area contributed by atoms with Crippen LogP contribution in [0.4, 0.5) is 4.39 Å². The van der Waals surface area contributed by atoms with E-state index in [1.807, 2.05) is 0 Å². The lowest BCUT2D eigenvalue weighted by atomic mass is 10.0. The molecule has 0 bridgehead atoms. The van der Waals surface area contributed by atoms with Gasteiger partial charge in [-0.05, 0) is 43.1 Å². The highest BCUT2D eigenvalue weighted by Crippen LogP contribution is 2.48. The fourth-order valence-corrected chi connectivity index (χ4v) is 3.49. The van der Waals surface area contributed by atoms with Gasteiger partial charge in [-0.25, -0.2) is 4.39 Å². The molecule has 0 amide bonds. The molecule has 16 heavy (non-hydrogen) atoms. The molecule has 2 saturated carbocycles. The predicted molar refractivity (Wildman–Crippen MR) is 60.6 cm³/mol. The zero-order valence-corrected chi connectivity index (χ0v) is 9.66. The normalized spacial score (nSPS) is 36.5. The third-order valence-corrected chi connectivity index (χ3v) is 4.71. The quantitative estimate of drug-likeness (QED) is 0.793. The van der Waals surface area contributed by atoms with E-state index in [4.69, 9.17) is 0 Å². The van der Waals surface area contributed by atoms with Gasteiger partial charge in [0.05, 0.1) is 6.33 Å². The highest BCUT2D eigenvalue weighted by atomic mass is 19.1. The van der Waals surface area contributed by atoms with Gasteiger partial charge < -0.3 is 10.0 Å². The lowest BCUT2D eigenvalue weighted by molar-refractivity contribution is 0.159. The zero-order chi connectivity index (χ0) is 11.2. The fourth-order valence-electron chi connectivity index (χ4n) is 3.49. The van der Waals surface area contributed by atoms with Gasteiger partial charge in [-0.2, -0.15) is 0 Å². The SMILES string of the molecule is OCC1(CN2CC3CC(=CF)CC3C2)CC1. The summed E-state index contributed by atoms with van der Waals surface area (Å²) in [5.74, 6) is 1.35. The molecule has 0 aromatic carbocycles. The summed E-state index contributed by atoms with van der Waals surface area (Å²) >= 11 is 0. The van der Waals surface area contributed by atoms with E-state index in [1.54, 1.807) is 0 Å². The summed E-state index contributed by atoms with van der Waals surface area (Å²) in [5, 5.41) is 9.31. The Hall–Kier alpha value is -0.410. The van der Waals surface area contributed by atoms with Crippen LogP contribution in [0.2, 0.25) is 0 Å². The van der Waals surface area contributed by atoms with E-state index in [0.717, 1.165) is 44.4 Å². The number of aliphatic hydroxyl groups is 1. The van der Waals surface area contributed by atoms with Gasteiger partial charge in [-0.3, -0.25) is 0 Å². The predicted octanol–water partition coefficient (Wildman–Crippen LogP) is 1.95. The number of rotatable bonds is 3. The van der Waals surface area contributed by atoms with Crippen LogP contribution in [0.5, 0.6) is 0 Å².